The minimum absolute atomic E-state index is 0.275. The average molecular weight is 303 g/mol. The maximum atomic E-state index is 6.35. The molecule has 1 aromatic heterocycles. The molecule has 1 aliphatic heterocycles. The molecule has 0 radical (unpaired) electrons. The molecule has 4 heteroatoms. The van der Waals surface area contributed by atoms with Gasteiger partial charge in [-0.25, -0.2) is 0 Å². The second-order valence-electron chi connectivity index (χ2n) is 4.37. The van der Waals surface area contributed by atoms with E-state index in [4.69, 9.17) is 5.73 Å². The van der Waals surface area contributed by atoms with Crippen LogP contribution in [0.2, 0.25) is 0 Å². The molecule has 1 aliphatic rings. The molecule has 16 heavy (non-hydrogen) atoms. The molecule has 2 heterocycles. The number of nitrogens with two attached hydrogens (primary N) is 1. The van der Waals surface area contributed by atoms with Gasteiger partial charge in [0.05, 0.1) is 6.04 Å². The van der Waals surface area contributed by atoms with Crippen LogP contribution in [-0.4, -0.2) is 24.0 Å². The molecule has 1 saturated heterocycles. The van der Waals surface area contributed by atoms with Crippen LogP contribution in [0.5, 0.6) is 0 Å². The van der Waals surface area contributed by atoms with E-state index in [0.717, 1.165) is 13.0 Å². The zero-order chi connectivity index (χ0) is 11.5. The third-order valence-electron chi connectivity index (χ3n) is 3.35. The summed E-state index contributed by atoms with van der Waals surface area (Å²) in [6, 6.07) is 2.81. The number of hydrogen-bond donors (Lipinski definition) is 1. The van der Waals surface area contributed by atoms with Gasteiger partial charge in [-0.2, -0.15) is 0 Å². The normalized spacial score (nSPS) is 27.9. The lowest BCUT2D eigenvalue weighted by molar-refractivity contribution is 0.198. The van der Waals surface area contributed by atoms with Crippen LogP contribution < -0.4 is 5.73 Å². The lowest BCUT2D eigenvalue weighted by atomic mass is 10.0. The smallest absolute Gasteiger partial charge is 0.0604 e. The second kappa shape index (κ2) is 5.63. The average Bonchev–Trinajstić information content (AvgIpc) is 2.59. The Balaban J connectivity index is 2.29. The van der Waals surface area contributed by atoms with E-state index in [1.807, 2.05) is 11.3 Å². The Morgan fingerprint density at radius 2 is 2.38 bits per heavy atom. The highest BCUT2D eigenvalue weighted by atomic mass is 79.9. The molecule has 1 fully saturated rings. The fourth-order valence-electron chi connectivity index (χ4n) is 2.49. The number of thiophene rings is 1. The monoisotopic (exact) mass is 302 g/mol. The van der Waals surface area contributed by atoms with Gasteiger partial charge < -0.3 is 5.73 Å². The van der Waals surface area contributed by atoms with Crippen LogP contribution >= 0.6 is 27.3 Å². The molecule has 0 bridgehead atoms. The molecule has 2 unspecified atom stereocenters. The van der Waals surface area contributed by atoms with Crippen LogP contribution in [0.4, 0.5) is 0 Å². The van der Waals surface area contributed by atoms with Crippen LogP contribution in [-0.2, 0) is 0 Å². The van der Waals surface area contributed by atoms with Gasteiger partial charge >= 0.3 is 0 Å². The maximum absolute atomic E-state index is 6.35. The van der Waals surface area contributed by atoms with Gasteiger partial charge in [-0.15, -0.1) is 11.3 Å². The number of rotatable bonds is 2. The van der Waals surface area contributed by atoms with Crippen LogP contribution in [0.1, 0.15) is 37.1 Å². The van der Waals surface area contributed by atoms with Crippen molar-refractivity contribution in [1.29, 1.82) is 0 Å². The van der Waals surface area contributed by atoms with Gasteiger partial charge in [-0.1, -0.05) is 13.3 Å². The van der Waals surface area contributed by atoms with Crippen LogP contribution in [0.25, 0.3) is 0 Å². The number of hydrogen-bond acceptors (Lipinski definition) is 3. The third-order valence-corrected chi connectivity index (χ3v) is 5.29. The van der Waals surface area contributed by atoms with E-state index in [1.165, 1.54) is 28.7 Å². The van der Waals surface area contributed by atoms with E-state index in [2.05, 4.69) is 39.2 Å². The third kappa shape index (κ3) is 2.50. The number of likely N-dealkylation sites (N-methyl/N-ethyl adjacent to an activating group) is 1. The summed E-state index contributed by atoms with van der Waals surface area (Å²) in [4.78, 5) is 3.92. The first-order valence-electron chi connectivity index (χ1n) is 5.96. The van der Waals surface area contributed by atoms with Crippen molar-refractivity contribution in [1.82, 2.24) is 4.90 Å². The molecule has 0 saturated carbocycles. The summed E-state index contributed by atoms with van der Waals surface area (Å²) >= 11 is 5.46. The SMILES string of the molecule is CCN1CCCCC(N)C1c1sccc1Br. The highest BCUT2D eigenvalue weighted by Crippen LogP contribution is 2.36. The summed E-state index contributed by atoms with van der Waals surface area (Å²) in [6.45, 7) is 4.49. The van der Waals surface area contributed by atoms with Crippen LogP contribution in [0.3, 0.4) is 0 Å². The molecule has 0 aliphatic carbocycles. The summed E-state index contributed by atoms with van der Waals surface area (Å²) in [5.41, 5.74) is 6.35. The fourth-order valence-corrected chi connectivity index (χ4v) is 4.31. The van der Waals surface area contributed by atoms with Crippen molar-refractivity contribution in [2.75, 3.05) is 13.1 Å². The quantitative estimate of drug-likeness (QED) is 0.907. The van der Waals surface area contributed by atoms with Crippen molar-refractivity contribution >= 4 is 27.3 Å². The van der Waals surface area contributed by atoms with E-state index in [0.29, 0.717) is 6.04 Å². The van der Waals surface area contributed by atoms with Gasteiger partial charge in [-0.05, 0) is 53.3 Å². The van der Waals surface area contributed by atoms with Gasteiger partial charge in [0.15, 0.2) is 0 Å². The molecule has 2 atom stereocenters. The zero-order valence-electron chi connectivity index (χ0n) is 9.66. The summed E-state index contributed by atoms with van der Waals surface area (Å²) in [5, 5.41) is 2.14. The van der Waals surface area contributed by atoms with Gasteiger partial charge in [0.1, 0.15) is 0 Å². The highest BCUT2D eigenvalue weighted by Gasteiger charge is 2.29. The van der Waals surface area contributed by atoms with Gasteiger partial charge in [0, 0.05) is 15.4 Å². The van der Waals surface area contributed by atoms with Crippen LogP contribution in [0.15, 0.2) is 15.9 Å². The summed E-state index contributed by atoms with van der Waals surface area (Å²) in [7, 11) is 0. The van der Waals surface area contributed by atoms with Crippen molar-refractivity contribution in [3.63, 3.8) is 0 Å². The molecule has 0 aromatic carbocycles. The van der Waals surface area contributed by atoms with E-state index in [1.54, 1.807) is 0 Å². The van der Waals surface area contributed by atoms with Crippen molar-refractivity contribution in [2.45, 2.75) is 38.3 Å². The molecule has 2 rings (SSSR count). The Morgan fingerprint density at radius 1 is 1.56 bits per heavy atom. The first kappa shape index (κ1) is 12.6. The summed E-state index contributed by atoms with van der Waals surface area (Å²) < 4.78 is 1.22. The molecular weight excluding hydrogens is 284 g/mol. The van der Waals surface area contributed by atoms with Crippen molar-refractivity contribution in [2.24, 2.45) is 5.73 Å². The van der Waals surface area contributed by atoms with Gasteiger partial charge in [-0.3, -0.25) is 4.90 Å². The topological polar surface area (TPSA) is 29.3 Å². The van der Waals surface area contributed by atoms with Crippen molar-refractivity contribution < 1.29 is 0 Å². The Hall–Kier alpha value is 0.100. The summed E-state index contributed by atoms with van der Waals surface area (Å²) in [5.74, 6) is 0. The van der Waals surface area contributed by atoms with E-state index < -0.39 is 0 Å². The Morgan fingerprint density at radius 3 is 3.00 bits per heavy atom. The largest absolute Gasteiger partial charge is 0.326 e. The Kier molecular flexibility index (Phi) is 4.41. The maximum Gasteiger partial charge on any atom is 0.0604 e. The van der Waals surface area contributed by atoms with Crippen molar-refractivity contribution in [3.8, 4) is 0 Å². The Labute approximate surface area is 110 Å². The van der Waals surface area contributed by atoms with Crippen LogP contribution in [0, 0.1) is 0 Å². The molecule has 2 N–H and O–H groups in total. The highest BCUT2D eigenvalue weighted by molar-refractivity contribution is 9.10. The number of likely N-dealkylation sites (tertiary alicyclic amines) is 1. The first-order chi connectivity index (χ1) is 7.74. The first-order valence-corrected chi connectivity index (χ1v) is 7.63. The number of nitrogens with zero attached hydrogens (tertiary/aromatic N) is 1. The fraction of sp³-hybridized carbons (Fsp3) is 0.667. The minimum atomic E-state index is 0.275. The van der Waals surface area contributed by atoms with E-state index in [9.17, 15) is 0 Å². The molecule has 1 aromatic rings. The molecule has 2 nitrogen and oxygen atoms in total. The predicted octanol–water partition coefficient (Wildman–Crippen LogP) is 3.38. The lowest BCUT2D eigenvalue weighted by Gasteiger charge is -2.32. The van der Waals surface area contributed by atoms with E-state index >= 15 is 0 Å². The molecule has 0 amide bonds. The molecular formula is C12H19BrN2S. The van der Waals surface area contributed by atoms with Crippen molar-refractivity contribution in [3.05, 3.63) is 20.8 Å². The molecule has 90 valence electrons. The van der Waals surface area contributed by atoms with E-state index in [-0.39, 0.29) is 6.04 Å². The predicted molar refractivity (Wildman–Crippen MR) is 73.8 cm³/mol. The van der Waals surface area contributed by atoms with Gasteiger partial charge in [0.25, 0.3) is 0 Å². The van der Waals surface area contributed by atoms with Gasteiger partial charge in [0.2, 0.25) is 0 Å². The number of halogens is 1. The standard InChI is InChI=1S/C12H19BrN2S/c1-2-15-7-4-3-5-10(14)11(15)12-9(13)6-8-16-12/h6,8,10-11H,2-5,7,14H2,1H3. The Bertz CT molecular complexity index is 340. The summed E-state index contributed by atoms with van der Waals surface area (Å²) in [6.07, 6.45) is 3.68. The lowest BCUT2D eigenvalue weighted by Crippen LogP contribution is -2.39. The second-order valence-corrected chi connectivity index (χ2v) is 6.17. The molecule has 0 spiro atoms. The minimum Gasteiger partial charge on any atom is -0.326 e. The zero-order valence-corrected chi connectivity index (χ0v) is 12.1.